The van der Waals surface area contributed by atoms with Crippen LogP contribution in [-0.2, 0) is 11.2 Å². The van der Waals surface area contributed by atoms with Gasteiger partial charge < -0.3 is 9.64 Å². The second-order valence-electron chi connectivity index (χ2n) is 4.20. The van der Waals surface area contributed by atoms with E-state index in [0.717, 1.165) is 37.5 Å². The average Bonchev–Trinajstić information content (AvgIpc) is 2.85. The van der Waals surface area contributed by atoms with Gasteiger partial charge in [0.15, 0.2) is 0 Å². The topological polar surface area (TPSA) is 55.6 Å². The Morgan fingerprint density at radius 3 is 3.00 bits per heavy atom. The van der Waals surface area contributed by atoms with Crippen LogP contribution in [0.3, 0.4) is 0 Å². The summed E-state index contributed by atoms with van der Waals surface area (Å²) in [6.45, 7) is 3.76. The lowest BCUT2D eigenvalue weighted by molar-refractivity contribution is 0.196. The molecule has 2 aromatic rings. The predicted octanol–water partition coefficient (Wildman–Crippen LogP) is 1.16. The molecule has 0 amide bonds. The monoisotopic (exact) mass is 249 g/mol. The molecule has 0 aromatic carbocycles. The summed E-state index contributed by atoms with van der Waals surface area (Å²) in [5.41, 5.74) is 1.03. The van der Waals surface area contributed by atoms with Crippen molar-refractivity contribution >= 4 is 11.6 Å². The molecule has 0 saturated heterocycles. The van der Waals surface area contributed by atoms with E-state index in [-0.39, 0.29) is 0 Å². The fourth-order valence-electron chi connectivity index (χ4n) is 1.86. The number of methoxy groups -OCH3 is 1. The second-order valence-corrected chi connectivity index (χ2v) is 4.20. The molecule has 6 nitrogen and oxygen atoms in total. The first-order chi connectivity index (χ1) is 8.76. The zero-order valence-corrected chi connectivity index (χ0v) is 11.1. The van der Waals surface area contributed by atoms with E-state index in [2.05, 4.69) is 33.0 Å². The van der Waals surface area contributed by atoms with Crippen LogP contribution in [0, 0.1) is 0 Å². The average molecular weight is 249 g/mol. The number of hydrogen-bond acceptors (Lipinski definition) is 5. The number of aromatic nitrogens is 4. The molecule has 0 fully saturated rings. The fourth-order valence-corrected chi connectivity index (χ4v) is 1.86. The van der Waals surface area contributed by atoms with E-state index in [4.69, 9.17) is 4.74 Å². The van der Waals surface area contributed by atoms with Crippen LogP contribution < -0.4 is 4.90 Å². The number of ether oxygens (including phenoxy) is 1. The first-order valence-corrected chi connectivity index (χ1v) is 6.16. The number of rotatable bonds is 6. The smallest absolute Gasteiger partial charge is 0.254 e. The molecular formula is C12H19N5O. The molecule has 0 atom stereocenters. The lowest BCUT2D eigenvalue weighted by atomic mass is 10.3. The van der Waals surface area contributed by atoms with Crippen LogP contribution in [0.1, 0.15) is 19.0 Å². The maximum absolute atomic E-state index is 5.07. The minimum absolute atomic E-state index is 0.656. The quantitative estimate of drug-likeness (QED) is 0.719. The Morgan fingerprint density at radius 2 is 2.28 bits per heavy atom. The van der Waals surface area contributed by atoms with E-state index in [9.17, 15) is 0 Å². The van der Waals surface area contributed by atoms with Crippen LogP contribution in [0.4, 0.5) is 5.82 Å². The molecule has 0 unspecified atom stereocenters. The van der Waals surface area contributed by atoms with E-state index in [0.29, 0.717) is 5.78 Å². The standard InChI is InChI=1S/C12H19N5O/c1-4-10-8-11(16(2)6-5-7-18-3)17-12(15-10)13-9-14-17/h8-9H,4-7H2,1-3H3. The highest BCUT2D eigenvalue weighted by atomic mass is 16.5. The highest BCUT2D eigenvalue weighted by Gasteiger charge is 2.10. The van der Waals surface area contributed by atoms with Gasteiger partial charge in [0.05, 0.1) is 0 Å². The summed E-state index contributed by atoms with van der Waals surface area (Å²) in [5.74, 6) is 1.67. The molecule has 2 aromatic heterocycles. The van der Waals surface area contributed by atoms with E-state index in [1.54, 1.807) is 11.6 Å². The van der Waals surface area contributed by atoms with E-state index in [1.165, 1.54) is 6.33 Å². The first kappa shape index (κ1) is 12.8. The third-order valence-corrected chi connectivity index (χ3v) is 2.88. The van der Waals surface area contributed by atoms with Crippen LogP contribution in [0.25, 0.3) is 5.78 Å². The lowest BCUT2D eigenvalue weighted by Gasteiger charge is -2.20. The van der Waals surface area contributed by atoms with Gasteiger partial charge >= 0.3 is 0 Å². The molecule has 0 aliphatic rings. The first-order valence-electron chi connectivity index (χ1n) is 6.16. The Balaban J connectivity index is 2.27. The Labute approximate surface area is 107 Å². The molecule has 6 heteroatoms. The van der Waals surface area contributed by atoms with Gasteiger partial charge in [-0.15, -0.1) is 0 Å². The predicted molar refractivity (Wildman–Crippen MR) is 69.9 cm³/mol. The van der Waals surface area contributed by atoms with Crippen molar-refractivity contribution in [2.24, 2.45) is 0 Å². The van der Waals surface area contributed by atoms with E-state index < -0.39 is 0 Å². The molecule has 0 saturated carbocycles. The van der Waals surface area contributed by atoms with Gasteiger partial charge in [-0.05, 0) is 12.8 Å². The summed E-state index contributed by atoms with van der Waals surface area (Å²) in [4.78, 5) is 10.7. The Kier molecular flexibility index (Phi) is 4.09. The third kappa shape index (κ3) is 2.59. The number of anilines is 1. The minimum atomic E-state index is 0.656. The SMILES string of the molecule is CCc1cc(N(C)CCCOC)n2ncnc2n1. The lowest BCUT2D eigenvalue weighted by Crippen LogP contribution is -2.23. The molecule has 98 valence electrons. The molecule has 0 aliphatic carbocycles. The Bertz CT molecular complexity index is 510. The second kappa shape index (κ2) is 5.77. The van der Waals surface area contributed by atoms with Crippen LogP contribution in [0.2, 0.25) is 0 Å². The number of aryl methyl sites for hydroxylation is 1. The van der Waals surface area contributed by atoms with Gasteiger partial charge in [-0.25, -0.2) is 4.98 Å². The zero-order valence-electron chi connectivity index (χ0n) is 11.1. The highest BCUT2D eigenvalue weighted by Crippen LogP contribution is 2.15. The number of fused-ring (bicyclic) bond motifs is 1. The van der Waals surface area contributed by atoms with Gasteiger partial charge in [0, 0.05) is 39.1 Å². The van der Waals surface area contributed by atoms with Gasteiger partial charge in [0.2, 0.25) is 0 Å². The van der Waals surface area contributed by atoms with Gasteiger partial charge in [-0.2, -0.15) is 14.6 Å². The van der Waals surface area contributed by atoms with Crippen LogP contribution in [-0.4, -0.2) is 46.9 Å². The largest absolute Gasteiger partial charge is 0.385 e. The van der Waals surface area contributed by atoms with Crippen molar-refractivity contribution in [2.75, 3.05) is 32.2 Å². The summed E-state index contributed by atoms with van der Waals surface area (Å²) in [6, 6.07) is 2.06. The van der Waals surface area contributed by atoms with Crippen LogP contribution >= 0.6 is 0 Å². The molecule has 0 spiro atoms. The highest BCUT2D eigenvalue weighted by molar-refractivity contribution is 5.46. The summed E-state index contributed by atoms with van der Waals surface area (Å²) >= 11 is 0. The van der Waals surface area contributed by atoms with Crippen molar-refractivity contribution in [2.45, 2.75) is 19.8 Å². The van der Waals surface area contributed by atoms with Gasteiger partial charge in [0.25, 0.3) is 5.78 Å². The van der Waals surface area contributed by atoms with Gasteiger partial charge in [-0.1, -0.05) is 6.92 Å². The Hall–Kier alpha value is -1.69. The molecule has 0 bridgehead atoms. The van der Waals surface area contributed by atoms with Gasteiger partial charge in [0.1, 0.15) is 12.1 Å². The number of hydrogen-bond donors (Lipinski definition) is 0. The zero-order chi connectivity index (χ0) is 13.0. The number of nitrogens with zero attached hydrogens (tertiary/aromatic N) is 5. The van der Waals surface area contributed by atoms with Crippen molar-refractivity contribution < 1.29 is 4.74 Å². The van der Waals surface area contributed by atoms with Crippen LogP contribution in [0.5, 0.6) is 0 Å². The maximum atomic E-state index is 5.07. The molecule has 2 rings (SSSR count). The molecule has 0 N–H and O–H groups in total. The molecule has 2 heterocycles. The third-order valence-electron chi connectivity index (χ3n) is 2.88. The van der Waals surface area contributed by atoms with Gasteiger partial charge in [-0.3, -0.25) is 0 Å². The van der Waals surface area contributed by atoms with Crippen molar-refractivity contribution in [1.82, 2.24) is 19.6 Å². The summed E-state index contributed by atoms with van der Waals surface area (Å²) in [6.07, 6.45) is 3.41. The molecule has 18 heavy (non-hydrogen) atoms. The van der Waals surface area contributed by atoms with Crippen molar-refractivity contribution in [3.8, 4) is 0 Å². The maximum Gasteiger partial charge on any atom is 0.254 e. The summed E-state index contributed by atoms with van der Waals surface area (Å²) < 4.78 is 6.84. The fraction of sp³-hybridized carbons (Fsp3) is 0.583. The van der Waals surface area contributed by atoms with E-state index in [1.807, 2.05) is 7.05 Å². The van der Waals surface area contributed by atoms with Crippen molar-refractivity contribution in [3.05, 3.63) is 18.1 Å². The van der Waals surface area contributed by atoms with Crippen molar-refractivity contribution in [3.63, 3.8) is 0 Å². The summed E-state index contributed by atoms with van der Waals surface area (Å²) in [5, 5.41) is 4.21. The molecule has 0 radical (unpaired) electrons. The van der Waals surface area contributed by atoms with Crippen LogP contribution in [0.15, 0.2) is 12.4 Å². The summed E-state index contributed by atoms with van der Waals surface area (Å²) in [7, 11) is 3.77. The normalized spacial score (nSPS) is 11.1. The molecule has 0 aliphatic heterocycles. The minimum Gasteiger partial charge on any atom is -0.385 e. The molecular weight excluding hydrogens is 230 g/mol. The van der Waals surface area contributed by atoms with Crippen molar-refractivity contribution in [1.29, 1.82) is 0 Å². The Morgan fingerprint density at radius 1 is 1.44 bits per heavy atom. The van der Waals surface area contributed by atoms with E-state index >= 15 is 0 Å².